The first-order valence-corrected chi connectivity index (χ1v) is 3.27. The van der Waals surface area contributed by atoms with Crippen molar-refractivity contribution in [2.24, 2.45) is 10.7 Å². The molecule has 0 amide bonds. The fraction of sp³-hybridized carbons (Fsp3) is 0.429. The third-order valence-corrected chi connectivity index (χ3v) is 0.959. The van der Waals surface area contributed by atoms with E-state index < -0.39 is 5.97 Å². The van der Waals surface area contributed by atoms with Crippen molar-refractivity contribution in [1.82, 2.24) is 0 Å². The Morgan fingerprint density at radius 3 is 2.73 bits per heavy atom. The van der Waals surface area contributed by atoms with Gasteiger partial charge in [-0.25, -0.2) is 4.79 Å². The minimum Gasteiger partial charge on any atom is -0.462 e. The van der Waals surface area contributed by atoms with Gasteiger partial charge in [-0.15, -0.1) is 0 Å². The molecule has 0 unspecified atom stereocenters. The van der Waals surface area contributed by atoms with Crippen molar-refractivity contribution in [3.05, 3.63) is 11.8 Å². The SMILES string of the molecule is CCOC(=O)C(C=NC)=CN. The highest BCUT2D eigenvalue weighted by atomic mass is 16.5. The van der Waals surface area contributed by atoms with Crippen LogP contribution in [0.15, 0.2) is 16.8 Å². The van der Waals surface area contributed by atoms with Crippen molar-refractivity contribution < 1.29 is 9.53 Å². The quantitative estimate of drug-likeness (QED) is 0.358. The number of hydrogen-bond acceptors (Lipinski definition) is 4. The first-order valence-electron chi connectivity index (χ1n) is 3.27. The van der Waals surface area contributed by atoms with E-state index in [1.54, 1.807) is 14.0 Å². The van der Waals surface area contributed by atoms with Crippen molar-refractivity contribution in [3.63, 3.8) is 0 Å². The molecule has 0 aliphatic rings. The van der Waals surface area contributed by atoms with E-state index in [1.807, 2.05) is 0 Å². The topological polar surface area (TPSA) is 64.7 Å². The molecule has 0 fully saturated rings. The molecule has 11 heavy (non-hydrogen) atoms. The molecular formula is C7H12N2O2. The normalized spacial score (nSPS) is 12.0. The van der Waals surface area contributed by atoms with Crippen molar-refractivity contribution >= 4 is 12.2 Å². The summed E-state index contributed by atoms with van der Waals surface area (Å²) in [6.07, 6.45) is 2.53. The van der Waals surface area contributed by atoms with Crippen LogP contribution >= 0.6 is 0 Å². The number of ether oxygens (including phenoxy) is 1. The van der Waals surface area contributed by atoms with Gasteiger partial charge in [0.1, 0.15) is 0 Å². The van der Waals surface area contributed by atoms with Gasteiger partial charge in [0, 0.05) is 19.5 Å². The number of carbonyl (C=O) groups is 1. The maximum absolute atomic E-state index is 10.9. The molecule has 0 aliphatic heterocycles. The highest BCUT2D eigenvalue weighted by Crippen LogP contribution is 1.91. The van der Waals surface area contributed by atoms with E-state index in [-0.39, 0.29) is 5.57 Å². The Labute approximate surface area is 65.7 Å². The van der Waals surface area contributed by atoms with E-state index in [0.717, 1.165) is 0 Å². The summed E-state index contributed by atoms with van der Waals surface area (Å²) in [5, 5.41) is 0. The van der Waals surface area contributed by atoms with Gasteiger partial charge in [-0.1, -0.05) is 0 Å². The molecule has 4 heteroatoms. The molecule has 0 aromatic carbocycles. The standard InChI is InChI=1S/C7H12N2O2/c1-3-11-7(10)6(4-8)5-9-2/h4-5H,3,8H2,1-2H3. The molecule has 0 heterocycles. The smallest absolute Gasteiger partial charge is 0.341 e. The van der Waals surface area contributed by atoms with Crippen LogP contribution in [0.2, 0.25) is 0 Å². The molecule has 4 nitrogen and oxygen atoms in total. The fourth-order valence-corrected chi connectivity index (χ4v) is 0.517. The number of esters is 1. The van der Waals surface area contributed by atoms with Crippen molar-refractivity contribution in [3.8, 4) is 0 Å². The predicted octanol–water partition coefficient (Wildman–Crippen LogP) is 0.0927. The maximum Gasteiger partial charge on any atom is 0.341 e. The van der Waals surface area contributed by atoms with Crippen molar-refractivity contribution in [2.45, 2.75) is 6.92 Å². The van der Waals surface area contributed by atoms with Gasteiger partial charge in [0.2, 0.25) is 0 Å². The van der Waals surface area contributed by atoms with Crippen LogP contribution in [-0.2, 0) is 9.53 Å². The number of nitrogens with two attached hydrogens (primary N) is 1. The molecule has 0 spiro atoms. The van der Waals surface area contributed by atoms with Gasteiger partial charge in [-0.2, -0.15) is 0 Å². The van der Waals surface area contributed by atoms with Crippen LogP contribution in [0.3, 0.4) is 0 Å². The Morgan fingerprint density at radius 1 is 1.73 bits per heavy atom. The Hall–Kier alpha value is -1.32. The third kappa shape index (κ3) is 3.40. The van der Waals surface area contributed by atoms with E-state index >= 15 is 0 Å². The lowest BCUT2D eigenvalue weighted by Crippen LogP contribution is -2.10. The van der Waals surface area contributed by atoms with Gasteiger partial charge in [-0.05, 0) is 6.92 Å². The summed E-state index contributed by atoms with van der Waals surface area (Å²) in [5.74, 6) is -0.444. The zero-order valence-corrected chi connectivity index (χ0v) is 6.70. The molecule has 0 aromatic rings. The van der Waals surface area contributed by atoms with Crippen LogP contribution in [-0.4, -0.2) is 25.8 Å². The van der Waals surface area contributed by atoms with Crippen LogP contribution in [0.1, 0.15) is 6.92 Å². The van der Waals surface area contributed by atoms with Gasteiger partial charge in [0.25, 0.3) is 0 Å². The second-order valence-corrected chi connectivity index (χ2v) is 1.73. The van der Waals surface area contributed by atoms with Gasteiger partial charge in [0.15, 0.2) is 0 Å². The number of carbonyl (C=O) groups excluding carboxylic acids is 1. The largest absolute Gasteiger partial charge is 0.462 e. The van der Waals surface area contributed by atoms with Crippen LogP contribution in [0.4, 0.5) is 0 Å². The zero-order chi connectivity index (χ0) is 8.69. The zero-order valence-electron chi connectivity index (χ0n) is 6.70. The van der Waals surface area contributed by atoms with Crippen LogP contribution < -0.4 is 5.73 Å². The average molecular weight is 156 g/mol. The molecule has 0 radical (unpaired) electrons. The molecule has 0 atom stereocenters. The number of aliphatic imine (C=N–C) groups is 1. The fourth-order valence-electron chi connectivity index (χ4n) is 0.517. The first-order chi connectivity index (χ1) is 5.26. The van der Waals surface area contributed by atoms with Crippen molar-refractivity contribution in [2.75, 3.05) is 13.7 Å². The lowest BCUT2D eigenvalue weighted by atomic mass is 10.3. The number of nitrogens with zero attached hydrogens (tertiary/aromatic N) is 1. The monoisotopic (exact) mass is 156 g/mol. The lowest BCUT2D eigenvalue weighted by molar-refractivity contribution is -0.137. The van der Waals surface area contributed by atoms with Crippen molar-refractivity contribution in [1.29, 1.82) is 0 Å². The molecule has 0 saturated heterocycles. The minimum atomic E-state index is -0.444. The van der Waals surface area contributed by atoms with Gasteiger partial charge >= 0.3 is 5.97 Å². The molecule has 0 saturated carbocycles. The minimum absolute atomic E-state index is 0.273. The van der Waals surface area contributed by atoms with E-state index in [9.17, 15) is 4.79 Å². The Kier molecular flexibility index (Phi) is 4.81. The second kappa shape index (κ2) is 5.46. The summed E-state index contributed by atoms with van der Waals surface area (Å²) >= 11 is 0. The van der Waals surface area contributed by atoms with Gasteiger partial charge in [0.05, 0.1) is 12.2 Å². The Morgan fingerprint density at radius 2 is 2.36 bits per heavy atom. The predicted molar refractivity (Wildman–Crippen MR) is 43.3 cm³/mol. The number of hydrogen-bond donors (Lipinski definition) is 1. The summed E-state index contributed by atoms with van der Waals surface area (Å²) in [7, 11) is 1.56. The van der Waals surface area contributed by atoms with Crippen LogP contribution in [0, 0.1) is 0 Å². The maximum atomic E-state index is 10.9. The molecule has 2 N–H and O–H groups in total. The summed E-state index contributed by atoms with van der Waals surface area (Å²) < 4.78 is 4.67. The van der Waals surface area contributed by atoms with E-state index in [1.165, 1.54) is 12.4 Å². The van der Waals surface area contributed by atoms with E-state index in [0.29, 0.717) is 6.61 Å². The average Bonchev–Trinajstić information content (AvgIpc) is 2.00. The van der Waals surface area contributed by atoms with Crippen LogP contribution in [0.5, 0.6) is 0 Å². The summed E-state index contributed by atoms with van der Waals surface area (Å²) in [6.45, 7) is 2.07. The van der Waals surface area contributed by atoms with Gasteiger partial charge in [-0.3, -0.25) is 4.99 Å². The molecule has 0 bridgehead atoms. The van der Waals surface area contributed by atoms with E-state index in [2.05, 4.69) is 9.73 Å². The lowest BCUT2D eigenvalue weighted by Gasteiger charge is -1.99. The highest BCUT2D eigenvalue weighted by Gasteiger charge is 2.05. The summed E-state index contributed by atoms with van der Waals surface area (Å²) in [6, 6.07) is 0. The number of rotatable bonds is 3. The second-order valence-electron chi connectivity index (χ2n) is 1.73. The molecule has 0 rings (SSSR count). The van der Waals surface area contributed by atoms with Gasteiger partial charge < -0.3 is 10.5 Å². The molecule has 0 aliphatic carbocycles. The third-order valence-electron chi connectivity index (χ3n) is 0.959. The van der Waals surface area contributed by atoms with E-state index in [4.69, 9.17) is 5.73 Å². The van der Waals surface area contributed by atoms with Crippen LogP contribution in [0.25, 0.3) is 0 Å². The molecule has 62 valence electrons. The Balaban J connectivity index is 4.16. The Bertz CT molecular complexity index is 185. The summed E-state index contributed by atoms with van der Waals surface area (Å²) in [5.41, 5.74) is 5.41. The summed E-state index contributed by atoms with van der Waals surface area (Å²) in [4.78, 5) is 14.5. The first kappa shape index (κ1) is 9.68. The molecule has 0 aromatic heterocycles. The highest BCUT2D eigenvalue weighted by molar-refractivity contribution is 6.09. The molecular weight excluding hydrogens is 144 g/mol.